The molecule has 0 radical (unpaired) electrons. The first kappa shape index (κ1) is 12.0. The maximum Gasteiger partial charge on any atom is 0.231 e. The van der Waals surface area contributed by atoms with Crippen LogP contribution in [-0.2, 0) is 6.54 Å². The van der Waals surface area contributed by atoms with Crippen LogP contribution in [0.3, 0.4) is 0 Å². The summed E-state index contributed by atoms with van der Waals surface area (Å²) in [6.45, 7) is 1.03. The van der Waals surface area contributed by atoms with Gasteiger partial charge in [-0.3, -0.25) is 4.98 Å². The van der Waals surface area contributed by atoms with Gasteiger partial charge in [0.15, 0.2) is 11.5 Å². The minimum absolute atomic E-state index is 0.307. The summed E-state index contributed by atoms with van der Waals surface area (Å²) in [6.07, 6.45) is 1.81. The van der Waals surface area contributed by atoms with Crippen molar-refractivity contribution in [2.45, 2.75) is 6.54 Å². The summed E-state index contributed by atoms with van der Waals surface area (Å²) in [5.41, 5.74) is 3.23. The fraction of sp³-hybridized carbons (Fsp3) is 0.118. The van der Waals surface area contributed by atoms with Crippen LogP contribution in [-0.4, -0.2) is 11.8 Å². The van der Waals surface area contributed by atoms with E-state index in [-0.39, 0.29) is 0 Å². The molecule has 0 amide bonds. The smallest absolute Gasteiger partial charge is 0.231 e. The van der Waals surface area contributed by atoms with E-state index in [0.29, 0.717) is 6.79 Å². The second-order valence-electron chi connectivity index (χ2n) is 4.92. The summed E-state index contributed by atoms with van der Waals surface area (Å²) in [5, 5.41) is 4.58. The minimum atomic E-state index is 0.307. The van der Waals surface area contributed by atoms with E-state index >= 15 is 0 Å². The highest BCUT2D eigenvalue weighted by Gasteiger charge is 2.13. The van der Waals surface area contributed by atoms with Crippen molar-refractivity contribution < 1.29 is 9.47 Å². The van der Waals surface area contributed by atoms with Gasteiger partial charge in [-0.15, -0.1) is 0 Å². The van der Waals surface area contributed by atoms with Crippen LogP contribution in [0.25, 0.3) is 10.9 Å². The lowest BCUT2D eigenvalue weighted by molar-refractivity contribution is 0.174. The van der Waals surface area contributed by atoms with E-state index in [2.05, 4.69) is 22.4 Å². The number of anilines is 1. The molecule has 0 fully saturated rings. The number of hydrogen-bond acceptors (Lipinski definition) is 4. The maximum atomic E-state index is 5.40. The summed E-state index contributed by atoms with van der Waals surface area (Å²) in [4.78, 5) is 4.37. The normalized spacial score (nSPS) is 12.6. The van der Waals surface area contributed by atoms with Crippen molar-refractivity contribution in [3.63, 3.8) is 0 Å². The minimum Gasteiger partial charge on any atom is -0.454 e. The average molecular weight is 278 g/mol. The predicted molar refractivity (Wildman–Crippen MR) is 81.6 cm³/mol. The third kappa shape index (κ3) is 2.25. The lowest BCUT2D eigenvalue weighted by Gasteiger charge is -2.10. The standard InChI is InChI=1S/C17H14N2O2/c1-4-14-13(3-2-8-18-14)15(5-1)19-10-12-6-7-16-17(9-12)21-11-20-16/h1-9,19H,10-11H2. The molecule has 4 rings (SSSR count). The molecule has 4 heteroatoms. The van der Waals surface area contributed by atoms with Crippen LogP contribution >= 0.6 is 0 Å². The predicted octanol–water partition coefficient (Wildman–Crippen LogP) is 3.58. The highest BCUT2D eigenvalue weighted by molar-refractivity contribution is 5.91. The topological polar surface area (TPSA) is 43.4 Å². The molecule has 1 aliphatic heterocycles. The molecule has 1 aromatic heterocycles. The Morgan fingerprint density at radius 3 is 2.95 bits per heavy atom. The summed E-state index contributed by atoms with van der Waals surface area (Å²) in [7, 11) is 0. The molecule has 0 saturated heterocycles. The van der Waals surface area contributed by atoms with E-state index in [1.54, 1.807) is 0 Å². The second-order valence-corrected chi connectivity index (χ2v) is 4.92. The van der Waals surface area contributed by atoms with Crippen molar-refractivity contribution >= 4 is 16.6 Å². The van der Waals surface area contributed by atoms with Gasteiger partial charge in [0.1, 0.15) is 0 Å². The lowest BCUT2D eigenvalue weighted by Crippen LogP contribution is -2.00. The Kier molecular flexibility index (Phi) is 2.85. The third-order valence-electron chi connectivity index (χ3n) is 3.57. The molecule has 2 heterocycles. The van der Waals surface area contributed by atoms with Crippen molar-refractivity contribution in [3.05, 3.63) is 60.3 Å². The molecule has 21 heavy (non-hydrogen) atoms. The van der Waals surface area contributed by atoms with E-state index in [0.717, 1.165) is 40.2 Å². The van der Waals surface area contributed by atoms with Crippen LogP contribution in [0.2, 0.25) is 0 Å². The van der Waals surface area contributed by atoms with E-state index in [1.165, 1.54) is 0 Å². The quantitative estimate of drug-likeness (QED) is 0.795. The van der Waals surface area contributed by atoms with Gasteiger partial charge >= 0.3 is 0 Å². The largest absolute Gasteiger partial charge is 0.454 e. The van der Waals surface area contributed by atoms with Gasteiger partial charge in [0.25, 0.3) is 0 Å². The summed E-state index contributed by atoms with van der Waals surface area (Å²) < 4.78 is 10.7. The number of fused-ring (bicyclic) bond motifs is 2. The number of aromatic nitrogens is 1. The van der Waals surface area contributed by atoms with E-state index in [9.17, 15) is 0 Å². The van der Waals surface area contributed by atoms with Gasteiger partial charge in [-0.1, -0.05) is 12.1 Å². The number of benzene rings is 2. The molecule has 4 nitrogen and oxygen atoms in total. The third-order valence-corrected chi connectivity index (χ3v) is 3.57. The Morgan fingerprint density at radius 1 is 1.00 bits per heavy atom. The van der Waals surface area contributed by atoms with Crippen molar-refractivity contribution in [2.24, 2.45) is 0 Å². The maximum absolute atomic E-state index is 5.40. The van der Waals surface area contributed by atoms with Crippen LogP contribution in [0.4, 0.5) is 5.69 Å². The van der Waals surface area contributed by atoms with Crippen LogP contribution in [0.5, 0.6) is 11.5 Å². The fourth-order valence-electron chi connectivity index (χ4n) is 2.51. The zero-order chi connectivity index (χ0) is 14.1. The summed E-state index contributed by atoms with van der Waals surface area (Å²) >= 11 is 0. The Morgan fingerprint density at radius 2 is 1.95 bits per heavy atom. The molecule has 0 saturated carbocycles. The SMILES string of the molecule is c1cc(NCc2ccc3c(c2)OCO3)c2cccnc2c1. The number of nitrogens with zero attached hydrogens (tertiary/aromatic N) is 1. The number of nitrogens with one attached hydrogen (secondary N) is 1. The Bertz CT molecular complexity index is 796. The molecular weight excluding hydrogens is 264 g/mol. The zero-order valence-electron chi connectivity index (χ0n) is 11.4. The number of rotatable bonds is 3. The first-order chi connectivity index (χ1) is 10.4. The van der Waals surface area contributed by atoms with Gasteiger partial charge in [-0.2, -0.15) is 0 Å². The number of pyridine rings is 1. The van der Waals surface area contributed by atoms with Crippen LogP contribution < -0.4 is 14.8 Å². The first-order valence-electron chi connectivity index (χ1n) is 6.86. The number of hydrogen-bond donors (Lipinski definition) is 1. The molecule has 0 aliphatic carbocycles. The molecule has 1 N–H and O–H groups in total. The molecule has 2 aromatic carbocycles. The first-order valence-corrected chi connectivity index (χ1v) is 6.86. The molecular formula is C17H14N2O2. The molecule has 0 spiro atoms. The Hall–Kier alpha value is -2.75. The van der Waals surface area contributed by atoms with E-state index in [1.807, 2.05) is 42.6 Å². The van der Waals surface area contributed by atoms with Gasteiger partial charge in [0, 0.05) is 23.8 Å². The van der Waals surface area contributed by atoms with Crippen molar-refractivity contribution in [1.82, 2.24) is 4.98 Å². The van der Waals surface area contributed by atoms with Crippen LogP contribution in [0.1, 0.15) is 5.56 Å². The fourth-order valence-corrected chi connectivity index (χ4v) is 2.51. The van der Waals surface area contributed by atoms with Crippen LogP contribution in [0.15, 0.2) is 54.7 Å². The molecule has 104 valence electrons. The van der Waals surface area contributed by atoms with Gasteiger partial charge in [-0.05, 0) is 42.0 Å². The van der Waals surface area contributed by atoms with Gasteiger partial charge in [0.2, 0.25) is 6.79 Å². The highest BCUT2D eigenvalue weighted by atomic mass is 16.7. The van der Waals surface area contributed by atoms with E-state index in [4.69, 9.17) is 9.47 Å². The van der Waals surface area contributed by atoms with Gasteiger partial charge < -0.3 is 14.8 Å². The summed E-state index contributed by atoms with van der Waals surface area (Å²) in [5.74, 6) is 1.63. The second kappa shape index (κ2) is 4.98. The van der Waals surface area contributed by atoms with Crippen molar-refractivity contribution in [3.8, 4) is 11.5 Å². The zero-order valence-corrected chi connectivity index (χ0v) is 11.4. The van der Waals surface area contributed by atoms with Crippen LogP contribution in [0, 0.1) is 0 Å². The summed E-state index contributed by atoms with van der Waals surface area (Å²) in [6, 6.07) is 16.1. The lowest BCUT2D eigenvalue weighted by atomic mass is 10.1. The molecule has 1 aliphatic rings. The highest BCUT2D eigenvalue weighted by Crippen LogP contribution is 2.32. The molecule has 0 unspecified atom stereocenters. The Labute approximate surface area is 122 Å². The molecule has 0 bridgehead atoms. The molecule has 0 atom stereocenters. The van der Waals surface area contributed by atoms with E-state index < -0.39 is 0 Å². The average Bonchev–Trinajstić information content (AvgIpc) is 3.00. The van der Waals surface area contributed by atoms with Gasteiger partial charge in [0.05, 0.1) is 5.52 Å². The van der Waals surface area contributed by atoms with Crippen molar-refractivity contribution in [1.29, 1.82) is 0 Å². The molecule has 3 aromatic rings. The van der Waals surface area contributed by atoms with Gasteiger partial charge in [-0.25, -0.2) is 0 Å². The Balaban J connectivity index is 1.58. The number of ether oxygens (including phenoxy) is 2. The monoisotopic (exact) mass is 278 g/mol. The van der Waals surface area contributed by atoms with Crippen molar-refractivity contribution in [2.75, 3.05) is 12.1 Å².